The van der Waals surface area contributed by atoms with Gasteiger partial charge in [0.25, 0.3) is 0 Å². The van der Waals surface area contributed by atoms with E-state index >= 15 is 0 Å². The van der Waals surface area contributed by atoms with E-state index in [4.69, 9.17) is 10.5 Å². The van der Waals surface area contributed by atoms with Crippen molar-refractivity contribution in [2.24, 2.45) is 7.05 Å². The first kappa shape index (κ1) is 15.0. The first-order chi connectivity index (χ1) is 11.0. The third-order valence-electron chi connectivity index (χ3n) is 3.61. The molecule has 3 rings (SSSR count). The molecule has 23 heavy (non-hydrogen) atoms. The molecular formula is C17H15F2N3O. The van der Waals surface area contributed by atoms with Crippen molar-refractivity contribution in [3.8, 4) is 5.75 Å². The fourth-order valence-electron chi connectivity index (χ4n) is 2.41. The van der Waals surface area contributed by atoms with Crippen LogP contribution in [0.15, 0.2) is 30.3 Å². The van der Waals surface area contributed by atoms with Gasteiger partial charge in [0, 0.05) is 18.5 Å². The van der Waals surface area contributed by atoms with Crippen LogP contribution in [-0.4, -0.2) is 16.9 Å². The molecule has 3 aromatic rings. The molecule has 0 aliphatic heterocycles. The van der Waals surface area contributed by atoms with Crippen molar-refractivity contribution in [3.05, 3.63) is 53.2 Å². The lowest BCUT2D eigenvalue weighted by Crippen LogP contribution is -1.92. The number of ether oxygens (including phenoxy) is 1. The van der Waals surface area contributed by atoms with Gasteiger partial charge in [-0.3, -0.25) is 4.68 Å². The lowest BCUT2D eigenvalue weighted by molar-refractivity contribution is 0.386. The van der Waals surface area contributed by atoms with E-state index in [1.807, 2.05) is 0 Å². The molecule has 118 valence electrons. The number of methoxy groups -OCH3 is 1. The molecule has 0 aliphatic carbocycles. The molecule has 0 radical (unpaired) electrons. The number of hydrogen-bond acceptors (Lipinski definition) is 3. The first-order valence-corrected chi connectivity index (χ1v) is 6.93. The molecular weight excluding hydrogens is 300 g/mol. The second kappa shape index (κ2) is 5.72. The molecule has 0 aliphatic rings. The van der Waals surface area contributed by atoms with E-state index in [2.05, 4.69) is 5.10 Å². The molecule has 0 saturated carbocycles. The van der Waals surface area contributed by atoms with Crippen molar-refractivity contribution < 1.29 is 13.5 Å². The highest BCUT2D eigenvalue weighted by atomic mass is 19.1. The summed E-state index contributed by atoms with van der Waals surface area (Å²) in [5.74, 6) is -0.728. The Morgan fingerprint density at radius 2 is 1.91 bits per heavy atom. The molecule has 6 heteroatoms. The topological polar surface area (TPSA) is 53.1 Å². The van der Waals surface area contributed by atoms with Gasteiger partial charge in [0.2, 0.25) is 0 Å². The molecule has 0 saturated heterocycles. The Morgan fingerprint density at radius 1 is 1.13 bits per heavy atom. The monoisotopic (exact) mass is 315 g/mol. The van der Waals surface area contributed by atoms with Gasteiger partial charge < -0.3 is 10.5 Å². The summed E-state index contributed by atoms with van der Waals surface area (Å²) in [6, 6.07) is 7.55. The number of benzene rings is 2. The van der Waals surface area contributed by atoms with Crippen LogP contribution in [0.1, 0.15) is 11.3 Å². The quantitative estimate of drug-likeness (QED) is 0.751. The molecule has 0 bridgehead atoms. The van der Waals surface area contributed by atoms with E-state index in [1.165, 1.54) is 19.2 Å². The molecule has 1 heterocycles. The highest BCUT2D eigenvalue weighted by Crippen LogP contribution is 2.25. The Kier molecular flexibility index (Phi) is 3.73. The number of aryl methyl sites for hydroxylation is 1. The largest absolute Gasteiger partial charge is 0.494 e. The second-order valence-corrected chi connectivity index (χ2v) is 5.13. The third-order valence-corrected chi connectivity index (χ3v) is 3.61. The van der Waals surface area contributed by atoms with Crippen LogP contribution in [0.25, 0.3) is 23.1 Å². The number of nitrogens with two attached hydrogens (primary N) is 1. The minimum atomic E-state index is -0.478. The SMILES string of the molecule is COc1ccc(/C=C/c2nn(C)c3cc(F)c(N)cc23)cc1F. The van der Waals surface area contributed by atoms with Gasteiger partial charge >= 0.3 is 0 Å². The summed E-state index contributed by atoms with van der Waals surface area (Å²) in [6.45, 7) is 0. The number of rotatable bonds is 3. The number of aromatic nitrogens is 2. The second-order valence-electron chi connectivity index (χ2n) is 5.13. The number of nitrogen functional groups attached to an aromatic ring is 1. The summed E-state index contributed by atoms with van der Waals surface area (Å²) in [4.78, 5) is 0. The van der Waals surface area contributed by atoms with E-state index in [9.17, 15) is 8.78 Å². The van der Waals surface area contributed by atoms with Crippen molar-refractivity contribution in [3.63, 3.8) is 0 Å². The number of anilines is 1. The van der Waals surface area contributed by atoms with Gasteiger partial charge in [0.15, 0.2) is 11.6 Å². The number of hydrogen-bond donors (Lipinski definition) is 1. The zero-order chi connectivity index (χ0) is 16.6. The van der Waals surface area contributed by atoms with Crippen molar-refractivity contribution >= 4 is 28.7 Å². The van der Waals surface area contributed by atoms with Gasteiger partial charge in [-0.05, 0) is 29.8 Å². The normalized spacial score (nSPS) is 11.5. The summed E-state index contributed by atoms with van der Waals surface area (Å²) >= 11 is 0. The molecule has 0 atom stereocenters. The Hall–Kier alpha value is -2.89. The van der Waals surface area contributed by atoms with Crippen molar-refractivity contribution in [1.29, 1.82) is 0 Å². The highest BCUT2D eigenvalue weighted by Gasteiger charge is 2.10. The molecule has 0 fully saturated rings. The average molecular weight is 315 g/mol. The van der Waals surface area contributed by atoms with E-state index in [-0.39, 0.29) is 11.4 Å². The first-order valence-electron chi connectivity index (χ1n) is 6.93. The van der Waals surface area contributed by atoms with Gasteiger partial charge in [-0.1, -0.05) is 12.1 Å². The third kappa shape index (κ3) is 2.75. The van der Waals surface area contributed by atoms with Crippen LogP contribution in [-0.2, 0) is 7.05 Å². The van der Waals surface area contributed by atoms with Gasteiger partial charge in [-0.15, -0.1) is 0 Å². The van der Waals surface area contributed by atoms with Gasteiger partial charge in [-0.2, -0.15) is 5.10 Å². The van der Waals surface area contributed by atoms with Gasteiger partial charge in [0.05, 0.1) is 24.0 Å². The van der Waals surface area contributed by atoms with Crippen LogP contribution in [0, 0.1) is 11.6 Å². The van der Waals surface area contributed by atoms with Crippen LogP contribution < -0.4 is 10.5 Å². The predicted molar refractivity (Wildman–Crippen MR) is 87.0 cm³/mol. The van der Waals surface area contributed by atoms with Crippen LogP contribution in [0.5, 0.6) is 5.75 Å². The molecule has 0 unspecified atom stereocenters. The molecule has 2 N–H and O–H groups in total. The van der Waals surface area contributed by atoms with E-state index in [0.717, 1.165) is 5.39 Å². The maximum Gasteiger partial charge on any atom is 0.165 e. The van der Waals surface area contributed by atoms with E-state index in [1.54, 1.807) is 42.1 Å². The van der Waals surface area contributed by atoms with Crippen molar-refractivity contribution in [2.75, 3.05) is 12.8 Å². The summed E-state index contributed by atoms with van der Waals surface area (Å²) in [7, 11) is 3.14. The summed E-state index contributed by atoms with van der Waals surface area (Å²) < 4.78 is 33.7. The fourth-order valence-corrected chi connectivity index (χ4v) is 2.41. The van der Waals surface area contributed by atoms with E-state index in [0.29, 0.717) is 16.8 Å². The van der Waals surface area contributed by atoms with Crippen molar-refractivity contribution in [1.82, 2.24) is 9.78 Å². The number of nitrogens with zero attached hydrogens (tertiary/aromatic N) is 2. The number of halogens is 2. The number of fused-ring (bicyclic) bond motifs is 1. The Balaban J connectivity index is 2.01. The van der Waals surface area contributed by atoms with E-state index < -0.39 is 11.6 Å². The fraction of sp³-hybridized carbons (Fsp3) is 0.118. The zero-order valence-corrected chi connectivity index (χ0v) is 12.7. The maximum absolute atomic E-state index is 13.7. The lowest BCUT2D eigenvalue weighted by atomic mass is 10.1. The highest BCUT2D eigenvalue weighted by molar-refractivity contribution is 5.91. The Morgan fingerprint density at radius 3 is 2.61 bits per heavy atom. The lowest BCUT2D eigenvalue weighted by Gasteiger charge is -2.01. The van der Waals surface area contributed by atoms with Crippen LogP contribution in [0.3, 0.4) is 0 Å². The zero-order valence-electron chi connectivity index (χ0n) is 12.7. The predicted octanol–water partition coefficient (Wildman–Crippen LogP) is 3.61. The smallest absolute Gasteiger partial charge is 0.165 e. The molecule has 4 nitrogen and oxygen atoms in total. The Bertz CT molecular complexity index is 916. The van der Waals surface area contributed by atoms with Gasteiger partial charge in [-0.25, -0.2) is 8.78 Å². The van der Waals surface area contributed by atoms with Crippen molar-refractivity contribution in [2.45, 2.75) is 0 Å². The van der Waals surface area contributed by atoms with Gasteiger partial charge in [0.1, 0.15) is 5.82 Å². The molecule has 1 aromatic heterocycles. The van der Waals surface area contributed by atoms with Crippen LogP contribution in [0.4, 0.5) is 14.5 Å². The summed E-state index contributed by atoms with van der Waals surface area (Å²) in [5, 5.41) is 5.07. The average Bonchev–Trinajstić information content (AvgIpc) is 2.82. The minimum absolute atomic E-state index is 0.0654. The molecule has 0 amide bonds. The summed E-state index contributed by atoms with van der Waals surface area (Å²) in [6.07, 6.45) is 3.46. The van der Waals surface area contributed by atoms with Crippen LogP contribution >= 0.6 is 0 Å². The van der Waals surface area contributed by atoms with Crippen LogP contribution in [0.2, 0.25) is 0 Å². The summed E-state index contributed by atoms with van der Waals surface area (Å²) in [5.41, 5.74) is 7.62. The molecule has 2 aromatic carbocycles. The standard InChI is InChI=1S/C17H15F2N3O/c1-22-16-9-12(18)14(20)8-11(16)15(21-22)5-3-10-4-6-17(23-2)13(19)7-10/h3-9H,20H2,1-2H3/b5-3+. The Labute approximate surface area is 131 Å². The maximum atomic E-state index is 13.7. The molecule has 0 spiro atoms. The minimum Gasteiger partial charge on any atom is -0.494 e.